The van der Waals surface area contributed by atoms with Crippen LogP contribution in [0.4, 0.5) is 0 Å². The summed E-state index contributed by atoms with van der Waals surface area (Å²) in [5.74, 6) is 1.17. The van der Waals surface area contributed by atoms with E-state index >= 15 is 0 Å². The molecule has 0 amide bonds. The zero-order valence-corrected chi connectivity index (χ0v) is 25.9. The highest BCUT2D eigenvalue weighted by Crippen LogP contribution is 2.26. The van der Waals surface area contributed by atoms with Gasteiger partial charge in [-0.3, -0.25) is 9.36 Å². The Hall–Kier alpha value is -4.20. The molecule has 0 fully saturated rings. The molecule has 0 aliphatic carbocycles. The minimum Gasteiger partial charge on any atom is -0.497 e. The van der Waals surface area contributed by atoms with Crippen LogP contribution in [0.5, 0.6) is 5.75 Å². The van der Waals surface area contributed by atoms with Crippen molar-refractivity contribution in [1.82, 2.24) is 29.3 Å². The van der Waals surface area contributed by atoms with Crippen LogP contribution in [0, 0.1) is 0 Å². The van der Waals surface area contributed by atoms with Gasteiger partial charge in [0.05, 0.1) is 12.8 Å². The number of methoxy groups -OCH3 is 1. The lowest BCUT2D eigenvalue weighted by Crippen LogP contribution is -2.22. The predicted octanol–water partition coefficient (Wildman–Crippen LogP) is 4.43. The van der Waals surface area contributed by atoms with Crippen molar-refractivity contribution in [3.63, 3.8) is 0 Å². The largest absolute Gasteiger partial charge is 0.497 e. The number of hydrogen-bond acceptors (Lipinski definition) is 9. The lowest BCUT2D eigenvalue weighted by molar-refractivity contribution is 0.0785. The van der Waals surface area contributed by atoms with Crippen molar-refractivity contribution in [2.24, 2.45) is 0 Å². The Labute approximate surface area is 244 Å². The molecule has 0 saturated carbocycles. The van der Waals surface area contributed by atoms with Gasteiger partial charge in [0, 0.05) is 43.6 Å². The number of fused-ring (bicyclic) bond motifs is 1. The molecule has 0 spiro atoms. The Kier molecular flexibility index (Phi) is 8.08. The third-order valence-corrected chi connectivity index (χ3v) is 9.16. The molecule has 0 atom stereocenters. The zero-order valence-electron chi connectivity index (χ0n) is 24.1. The van der Waals surface area contributed by atoms with Crippen LogP contribution >= 0.6 is 0 Å². The van der Waals surface area contributed by atoms with Crippen LogP contribution in [0.3, 0.4) is 0 Å². The number of nitrogens with zero attached hydrogens (tertiary/aromatic N) is 6. The van der Waals surface area contributed by atoms with Gasteiger partial charge in [-0.05, 0) is 54.1 Å². The average Bonchev–Trinajstić information content (AvgIpc) is 3.43. The van der Waals surface area contributed by atoms with Crippen LogP contribution in [0.1, 0.15) is 0 Å². The van der Waals surface area contributed by atoms with Gasteiger partial charge < -0.3 is 9.47 Å². The zero-order chi connectivity index (χ0) is 30.1. The van der Waals surface area contributed by atoms with Gasteiger partial charge in [0.1, 0.15) is 18.8 Å². The van der Waals surface area contributed by atoms with E-state index in [2.05, 4.69) is 39.7 Å². The summed E-state index contributed by atoms with van der Waals surface area (Å²) in [6, 6.07) is 17.0. The summed E-state index contributed by atoms with van der Waals surface area (Å²) in [5, 5.41) is 4.66. The highest BCUT2D eigenvalue weighted by molar-refractivity contribution is 7.90. The van der Waals surface area contributed by atoms with Crippen LogP contribution in [0.15, 0.2) is 77.1 Å². The molecule has 0 aliphatic rings. The van der Waals surface area contributed by atoms with Crippen molar-refractivity contribution in [3.8, 4) is 34.0 Å². The second-order valence-electron chi connectivity index (χ2n) is 11.1. The quantitative estimate of drug-likeness (QED) is 0.129. The Balaban J connectivity index is 1.52. The standard InChI is InChI=1S/C29H32N6O5SSi/c1-39-24-12-8-20(9-13-24)25-16-22-17-30-29(41(2,37)38)32-27(22)35(28(25)36)23-10-6-21(7-11-23)26-31-18-34(33-26)19-40-14-15-42(3,4)5/h6-13,16-18H,14-15,19H2,1-5H3. The van der Waals surface area contributed by atoms with E-state index in [9.17, 15) is 13.2 Å². The monoisotopic (exact) mass is 604 g/mol. The van der Waals surface area contributed by atoms with E-state index in [-0.39, 0.29) is 16.4 Å². The molecule has 0 N–H and O–H groups in total. The van der Waals surface area contributed by atoms with Crippen LogP contribution in [-0.4, -0.2) is 65.8 Å². The van der Waals surface area contributed by atoms with Crippen LogP contribution in [0.25, 0.3) is 39.2 Å². The molecule has 0 aliphatic heterocycles. The number of pyridine rings is 1. The average molecular weight is 605 g/mol. The molecule has 0 saturated heterocycles. The van der Waals surface area contributed by atoms with E-state index in [4.69, 9.17) is 9.47 Å². The summed E-state index contributed by atoms with van der Waals surface area (Å²) in [5.41, 5.74) is 2.13. The van der Waals surface area contributed by atoms with E-state index in [1.54, 1.807) is 72.7 Å². The second-order valence-corrected chi connectivity index (χ2v) is 18.7. The van der Waals surface area contributed by atoms with E-state index in [0.29, 0.717) is 47.1 Å². The topological polar surface area (TPSA) is 131 Å². The lowest BCUT2D eigenvalue weighted by Gasteiger charge is -2.15. The number of hydrogen-bond donors (Lipinski definition) is 0. The molecular formula is C29H32N6O5SSi. The van der Waals surface area contributed by atoms with Gasteiger partial charge in [-0.15, -0.1) is 5.10 Å². The van der Waals surface area contributed by atoms with Gasteiger partial charge in [0.2, 0.25) is 15.0 Å². The van der Waals surface area contributed by atoms with Crippen molar-refractivity contribution in [3.05, 3.63) is 77.5 Å². The highest BCUT2D eigenvalue weighted by Gasteiger charge is 2.19. The number of sulfone groups is 1. The van der Waals surface area contributed by atoms with Crippen molar-refractivity contribution >= 4 is 28.9 Å². The molecule has 3 heterocycles. The Morgan fingerprint density at radius 3 is 2.29 bits per heavy atom. The number of benzene rings is 2. The smallest absolute Gasteiger partial charge is 0.264 e. The molecule has 5 rings (SSSR count). The fraction of sp³-hybridized carbons (Fsp3) is 0.276. The van der Waals surface area contributed by atoms with Gasteiger partial charge in [-0.25, -0.2) is 23.1 Å². The maximum atomic E-state index is 13.9. The molecule has 0 bridgehead atoms. The third kappa shape index (κ3) is 6.48. The summed E-state index contributed by atoms with van der Waals surface area (Å²) >= 11 is 0. The van der Waals surface area contributed by atoms with Crippen molar-refractivity contribution < 1.29 is 17.9 Å². The van der Waals surface area contributed by atoms with E-state index < -0.39 is 17.9 Å². The summed E-state index contributed by atoms with van der Waals surface area (Å²) in [7, 11) is -3.31. The molecule has 11 nitrogen and oxygen atoms in total. The number of rotatable bonds is 10. The van der Waals surface area contributed by atoms with E-state index in [1.807, 2.05) is 0 Å². The fourth-order valence-corrected chi connectivity index (χ4v) is 5.52. The molecular weight excluding hydrogens is 573 g/mol. The first kappa shape index (κ1) is 29.3. The molecule has 13 heteroatoms. The maximum Gasteiger partial charge on any atom is 0.264 e. The molecule has 0 unspecified atom stereocenters. The molecule has 42 heavy (non-hydrogen) atoms. The van der Waals surface area contributed by atoms with Crippen LogP contribution in [0.2, 0.25) is 25.7 Å². The van der Waals surface area contributed by atoms with Gasteiger partial charge in [0.25, 0.3) is 5.56 Å². The van der Waals surface area contributed by atoms with Gasteiger partial charge in [0.15, 0.2) is 11.5 Å². The summed E-state index contributed by atoms with van der Waals surface area (Å²) in [6.07, 6.45) is 4.07. The minimum atomic E-state index is -3.71. The lowest BCUT2D eigenvalue weighted by atomic mass is 10.1. The third-order valence-electron chi connectivity index (χ3n) is 6.59. The first-order chi connectivity index (χ1) is 19.9. The molecule has 5 aromatic rings. The van der Waals surface area contributed by atoms with Gasteiger partial charge >= 0.3 is 0 Å². The highest BCUT2D eigenvalue weighted by atomic mass is 32.2. The maximum absolute atomic E-state index is 13.9. The van der Waals surface area contributed by atoms with E-state index in [1.165, 1.54) is 10.8 Å². The number of aromatic nitrogens is 6. The van der Waals surface area contributed by atoms with Gasteiger partial charge in [-0.1, -0.05) is 31.8 Å². The molecule has 218 valence electrons. The second kappa shape index (κ2) is 11.6. The summed E-state index contributed by atoms with van der Waals surface area (Å²) < 4.78 is 38.5. The molecule has 3 aromatic heterocycles. The molecule has 2 aromatic carbocycles. The first-order valence-corrected chi connectivity index (χ1v) is 18.9. The predicted molar refractivity (Wildman–Crippen MR) is 163 cm³/mol. The Morgan fingerprint density at radius 1 is 0.952 bits per heavy atom. The Bertz CT molecular complexity index is 1900. The summed E-state index contributed by atoms with van der Waals surface area (Å²) in [4.78, 5) is 26.7. The Morgan fingerprint density at radius 2 is 1.64 bits per heavy atom. The minimum absolute atomic E-state index is 0.179. The first-order valence-electron chi connectivity index (χ1n) is 13.3. The summed E-state index contributed by atoms with van der Waals surface area (Å²) in [6.45, 7) is 7.91. The van der Waals surface area contributed by atoms with Gasteiger partial charge in [-0.2, -0.15) is 4.98 Å². The SMILES string of the molecule is COc1ccc(-c2cc3cnc(S(C)(=O)=O)nc3n(-c3ccc(-c4ncn(COCC[Si](C)(C)C)n4)cc3)c2=O)cc1. The molecule has 0 radical (unpaired) electrons. The van der Waals surface area contributed by atoms with Crippen molar-refractivity contribution in [2.45, 2.75) is 37.6 Å². The number of ether oxygens (including phenoxy) is 2. The fourth-order valence-electron chi connectivity index (χ4n) is 4.26. The normalized spacial score (nSPS) is 12.1. The van der Waals surface area contributed by atoms with Crippen LogP contribution in [-0.2, 0) is 21.3 Å². The van der Waals surface area contributed by atoms with Crippen LogP contribution < -0.4 is 10.3 Å². The van der Waals surface area contributed by atoms with E-state index in [0.717, 1.165) is 17.9 Å². The van der Waals surface area contributed by atoms with Crippen molar-refractivity contribution in [1.29, 1.82) is 0 Å². The van der Waals surface area contributed by atoms with Crippen molar-refractivity contribution in [2.75, 3.05) is 20.0 Å².